The first-order chi connectivity index (χ1) is 6.38. The lowest BCUT2D eigenvalue weighted by Gasteiger charge is -2.29. The van der Waals surface area contributed by atoms with E-state index in [1.54, 1.807) is 5.56 Å². The molecule has 0 spiro atoms. The van der Waals surface area contributed by atoms with Gasteiger partial charge in [-0.1, -0.05) is 56.5 Å². The summed E-state index contributed by atoms with van der Waals surface area (Å²) in [5.74, 6) is 1.71. The smallest absolute Gasteiger partial charge is 0.0136 e. The summed E-state index contributed by atoms with van der Waals surface area (Å²) in [5.41, 5.74) is 1.55. The van der Waals surface area contributed by atoms with Crippen molar-refractivity contribution in [2.24, 2.45) is 5.92 Å². The van der Waals surface area contributed by atoms with Crippen LogP contribution in [0.2, 0.25) is 0 Å². The third-order valence-corrected chi connectivity index (χ3v) is 3.34. The highest BCUT2D eigenvalue weighted by Crippen LogP contribution is 2.36. The fraction of sp³-hybridized carbons (Fsp3) is 0.538. The van der Waals surface area contributed by atoms with Crippen molar-refractivity contribution in [3.05, 3.63) is 35.9 Å². The Hall–Kier alpha value is -0.780. The first-order valence-corrected chi connectivity index (χ1v) is 5.43. The van der Waals surface area contributed by atoms with Gasteiger partial charge in [-0.3, -0.25) is 0 Å². The Balaban J connectivity index is 2.15. The fourth-order valence-electron chi connectivity index (χ4n) is 2.51. The fourth-order valence-corrected chi connectivity index (χ4v) is 2.51. The highest BCUT2D eigenvalue weighted by Gasteiger charge is 2.22. The van der Waals surface area contributed by atoms with Crippen molar-refractivity contribution in [1.29, 1.82) is 0 Å². The highest BCUT2D eigenvalue weighted by atomic mass is 14.3. The van der Waals surface area contributed by atoms with Gasteiger partial charge in [0.25, 0.3) is 0 Å². The van der Waals surface area contributed by atoms with Crippen LogP contribution in [0, 0.1) is 5.92 Å². The molecule has 0 amide bonds. The molecule has 1 saturated carbocycles. The molecule has 0 aliphatic heterocycles. The van der Waals surface area contributed by atoms with Crippen LogP contribution in [-0.2, 0) is 0 Å². The van der Waals surface area contributed by atoms with Crippen LogP contribution in [0.5, 0.6) is 0 Å². The zero-order chi connectivity index (χ0) is 9.10. The zero-order valence-electron chi connectivity index (χ0n) is 8.37. The Morgan fingerprint density at radius 2 is 1.69 bits per heavy atom. The van der Waals surface area contributed by atoms with Crippen LogP contribution in [0.25, 0.3) is 0 Å². The average Bonchev–Trinajstić information content (AvgIpc) is 2.20. The minimum absolute atomic E-state index is 0.829. The Bertz CT molecular complexity index is 250. The summed E-state index contributed by atoms with van der Waals surface area (Å²) in [6.07, 6.45) is 5.67. The second-order valence-corrected chi connectivity index (χ2v) is 4.28. The van der Waals surface area contributed by atoms with Gasteiger partial charge in [0.15, 0.2) is 0 Å². The molecule has 1 aromatic carbocycles. The normalized spacial score (nSPS) is 28.7. The highest BCUT2D eigenvalue weighted by molar-refractivity contribution is 5.20. The molecule has 0 bridgehead atoms. The van der Waals surface area contributed by atoms with Gasteiger partial charge in [-0.15, -0.1) is 0 Å². The van der Waals surface area contributed by atoms with Crippen molar-refractivity contribution in [2.75, 3.05) is 0 Å². The first kappa shape index (κ1) is 8.80. The van der Waals surface area contributed by atoms with Crippen molar-refractivity contribution in [3.8, 4) is 0 Å². The lowest BCUT2D eigenvalue weighted by Crippen LogP contribution is -2.14. The van der Waals surface area contributed by atoms with Gasteiger partial charge in [-0.2, -0.15) is 0 Å². The Morgan fingerprint density at radius 1 is 1.00 bits per heavy atom. The van der Waals surface area contributed by atoms with Gasteiger partial charge >= 0.3 is 0 Å². The standard InChI is InChI=1S/C13H18/c1-11-7-5-6-10-13(11)12-8-3-2-4-9-12/h2-4,8-9,11,13H,5-7,10H2,1H3/t11-,13-/m0/s1. The van der Waals surface area contributed by atoms with Crippen molar-refractivity contribution in [3.63, 3.8) is 0 Å². The van der Waals surface area contributed by atoms with E-state index in [9.17, 15) is 0 Å². The third-order valence-electron chi connectivity index (χ3n) is 3.34. The quantitative estimate of drug-likeness (QED) is 0.604. The molecule has 1 aromatic rings. The molecule has 0 N–H and O–H groups in total. The number of benzene rings is 1. The molecule has 70 valence electrons. The topological polar surface area (TPSA) is 0 Å². The van der Waals surface area contributed by atoms with Crippen LogP contribution in [0.15, 0.2) is 30.3 Å². The molecule has 0 unspecified atom stereocenters. The summed E-state index contributed by atoms with van der Waals surface area (Å²) in [5, 5.41) is 0. The van der Waals surface area contributed by atoms with Gasteiger partial charge in [0.1, 0.15) is 0 Å². The lowest BCUT2D eigenvalue weighted by molar-refractivity contribution is 0.330. The van der Waals surface area contributed by atoms with Gasteiger partial charge < -0.3 is 0 Å². The largest absolute Gasteiger partial charge is 0.0622 e. The SMILES string of the molecule is C[C@H]1CCCC[C@@H]1c1ccccc1. The average molecular weight is 174 g/mol. The van der Waals surface area contributed by atoms with E-state index in [0.29, 0.717) is 0 Å². The van der Waals surface area contributed by atoms with E-state index in [1.807, 2.05) is 0 Å². The van der Waals surface area contributed by atoms with Gasteiger partial charge in [-0.05, 0) is 23.8 Å². The predicted octanol–water partition coefficient (Wildman–Crippen LogP) is 3.98. The number of hydrogen-bond acceptors (Lipinski definition) is 0. The molecule has 0 heterocycles. The Kier molecular flexibility index (Phi) is 2.68. The van der Waals surface area contributed by atoms with Gasteiger partial charge in [-0.25, -0.2) is 0 Å². The maximum Gasteiger partial charge on any atom is -0.0136 e. The van der Waals surface area contributed by atoms with E-state index in [-0.39, 0.29) is 0 Å². The van der Waals surface area contributed by atoms with E-state index >= 15 is 0 Å². The van der Waals surface area contributed by atoms with Crippen LogP contribution >= 0.6 is 0 Å². The molecule has 0 radical (unpaired) electrons. The first-order valence-electron chi connectivity index (χ1n) is 5.43. The van der Waals surface area contributed by atoms with Crippen LogP contribution in [0.1, 0.15) is 44.1 Å². The van der Waals surface area contributed by atoms with E-state index < -0.39 is 0 Å². The molecule has 2 atom stereocenters. The van der Waals surface area contributed by atoms with E-state index in [4.69, 9.17) is 0 Å². The van der Waals surface area contributed by atoms with E-state index in [0.717, 1.165) is 11.8 Å². The van der Waals surface area contributed by atoms with Crippen LogP contribution < -0.4 is 0 Å². The second-order valence-electron chi connectivity index (χ2n) is 4.28. The van der Waals surface area contributed by atoms with Crippen molar-refractivity contribution in [2.45, 2.75) is 38.5 Å². The summed E-state index contributed by atoms with van der Waals surface area (Å²) < 4.78 is 0. The van der Waals surface area contributed by atoms with E-state index in [1.165, 1.54) is 25.7 Å². The minimum Gasteiger partial charge on any atom is -0.0622 e. The Labute approximate surface area is 81.0 Å². The summed E-state index contributed by atoms with van der Waals surface area (Å²) in [6, 6.07) is 11.0. The van der Waals surface area contributed by atoms with Crippen molar-refractivity contribution < 1.29 is 0 Å². The number of rotatable bonds is 1. The molecular weight excluding hydrogens is 156 g/mol. The molecule has 1 aliphatic rings. The van der Waals surface area contributed by atoms with Crippen LogP contribution in [0.3, 0.4) is 0 Å². The van der Waals surface area contributed by atoms with Gasteiger partial charge in [0.2, 0.25) is 0 Å². The monoisotopic (exact) mass is 174 g/mol. The molecule has 0 nitrogen and oxygen atoms in total. The summed E-state index contributed by atoms with van der Waals surface area (Å²) >= 11 is 0. The van der Waals surface area contributed by atoms with Crippen molar-refractivity contribution >= 4 is 0 Å². The van der Waals surface area contributed by atoms with E-state index in [2.05, 4.69) is 37.3 Å². The lowest BCUT2D eigenvalue weighted by atomic mass is 9.76. The number of hydrogen-bond donors (Lipinski definition) is 0. The minimum atomic E-state index is 0.829. The summed E-state index contributed by atoms with van der Waals surface area (Å²) in [6.45, 7) is 2.40. The Morgan fingerprint density at radius 3 is 2.38 bits per heavy atom. The van der Waals surface area contributed by atoms with Crippen molar-refractivity contribution in [1.82, 2.24) is 0 Å². The van der Waals surface area contributed by atoms with Crippen LogP contribution in [0.4, 0.5) is 0 Å². The molecule has 13 heavy (non-hydrogen) atoms. The zero-order valence-corrected chi connectivity index (χ0v) is 8.37. The summed E-state index contributed by atoms with van der Waals surface area (Å²) in [4.78, 5) is 0. The maximum absolute atomic E-state index is 2.40. The van der Waals surface area contributed by atoms with Gasteiger partial charge in [0.05, 0.1) is 0 Å². The molecule has 1 fully saturated rings. The van der Waals surface area contributed by atoms with Gasteiger partial charge in [0, 0.05) is 0 Å². The van der Waals surface area contributed by atoms with Crippen LogP contribution in [-0.4, -0.2) is 0 Å². The molecule has 0 saturated heterocycles. The molecule has 0 heteroatoms. The maximum atomic E-state index is 2.40. The predicted molar refractivity (Wildman–Crippen MR) is 56.8 cm³/mol. The molecule has 0 aromatic heterocycles. The molecule has 2 rings (SSSR count). The second kappa shape index (κ2) is 3.95. The molecular formula is C13H18. The molecule has 1 aliphatic carbocycles. The summed E-state index contributed by atoms with van der Waals surface area (Å²) in [7, 11) is 0. The third kappa shape index (κ3) is 1.93.